The fourth-order valence-corrected chi connectivity index (χ4v) is 2.53. The lowest BCUT2D eigenvalue weighted by molar-refractivity contribution is -0.121. The molecule has 1 saturated heterocycles. The third-order valence-electron chi connectivity index (χ3n) is 3.83. The SMILES string of the molecule is CC1CNCCN1C(C)C(=O)Nc1ccc(C(=O)O)cc1. The van der Waals surface area contributed by atoms with Crippen LogP contribution in [0.1, 0.15) is 24.2 Å². The van der Waals surface area contributed by atoms with Gasteiger partial charge in [0.2, 0.25) is 5.91 Å². The van der Waals surface area contributed by atoms with Crippen LogP contribution in [0.4, 0.5) is 5.69 Å². The number of carboxylic acids is 1. The summed E-state index contributed by atoms with van der Waals surface area (Å²) in [5, 5.41) is 15.0. The number of aromatic carboxylic acids is 1. The summed E-state index contributed by atoms with van der Waals surface area (Å²) in [7, 11) is 0. The minimum atomic E-state index is -0.976. The molecule has 1 amide bonds. The molecule has 0 aliphatic carbocycles. The van der Waals surface area contributed by atoms with Crippen molar-refractivity contribution in [2.45, 2.75) is 25.9 Å². The lowest BCUT2D eigenvalue weighted by Crippen LogP contribution is -2.56. The molecule has 21 heavy (non-hydrogen) atoms. The molecule has 0 aromatic heterocycles. The number of carboxylic acid groups (broad SMARTS) is 1. The largest absolute Gasteiger partial charge is 0.478 e. The number of carbonyl (C=O) groups excluding carboxylic acids is 1. The van der Waals surface area contributed by atoms with Crippen LogP contribution in [0.25, 0.3) is 0 Å². The van der Waals surface area contributed by atoms with Crippen molar-refractivity contribution in [3.05, 3.63) is 29.8 Å². The van der Waals surface area contributed by atoms with Crippen LogP contribution >= 0.6 is 0 Å². The smallest absolute Gasteiger partial charge is 0.335 e. The van der Waals surface area contributed by atoms with Crippen molar-refractivity contribution >= 4 is 17.6 Å². The first kappa shape index (κ1) is 15.5. The highest BCUT2D eigenvalue weighted by atomic mass is 16.4. The maximum atomic E-state index is 12.3. The van der Waals surface area contributed by atoms with E-state index in [1.165, 1.54) is 12.1 Å². The van der Waals surface area contributed by atoms with Crippen LogP contribution < -0.4 is 10.6 Å². The molecule has 6 heteroatoms. The zero-order chi connectivity index (χ0) is 15.4. The number of hydrogen-bond acceptors (Lipinski definition) is 4. The molecule has 3 N–H and O–H groups in total. The summed E-state index contributed by atoms with van der Waals surface area (Å²) in [6.07, 6.45) is 0. The second-order valence-electron chi connectivity index (χ2n) is 5.34. The molecular weight excluding hydrogens is 270 g/mol. The van der Waals surface area contributed by atoms with Gasteiger partial charge in [0, 0.05) is 31.4 Å². The summed E-state index contributed by atoms with van der Waals surface area (Å²) in [5.41, 5.74) is 0.816. The standard InChI is InChI=1S/C15H21N3O3/c1-10-9-16-7-8-18(10)11(2)14(19)17-13-5-3-12(4-6-13)15(20)21/h3-6,10-11,16H,7-9H2,1-2H3,(H,17,19)(H,20,21). The maximum Gasteiger partial charge on any atom is 0.335 e. The highest BCUT2D eigenvalue weighted by Gasteiger charge is 2.27. The topological polar surface area (TPSA) is 81.7 Å². The minimum absolute atomic E-state index is 0.0770. The zero-order valence-corrected chi connectivity index (χ0v) is 12.3. The van der Waals surface area contributed by atoms with E-state index < -0.39 is 5.97 Å². The van der Waals surface area contributed by atoms with E-state index in [-0.39, 0.29) is 17.5 Å². The van der Waals surface area contributed by atoms with Gasteiger partial charge in [-0.2, -0.15) is 0 Å². The number of carbonyl (C=O) groups is 2. The Balaban J connectivity index is 1.98. The number of anilines is 1. The number of piperazine rings is 1. The van der Waals surface area contributed by atoms with Gasteiger partial charge in [0.05, 0.1) is 11.6 Å². The van der Waals surface area contributed by atoms with Crippen molar-refractivity contribution in [3.63, 3.8) is 0 Å². The molecule has 0 bridgehead atoms. The van der Waals surface area contributed by atoms with Crippen LogP contribution in [-0.2, 0) is 4.79 Å². The van der Waals surface area contributed by atoms with Crippen molar-refractivity contribution in [2.75, 3.05) is 25.0 Å². The van der Waals surface area contributed by atoms with Gasteiger partial charge in [-0.3, -0.25) is 9.69 Å². The highest BCUT2D eigenvalue weighted by molar-refractivity contribution is 5.95. The molecule has 1 aromatic carbocycles. The average Bonchev–Trinajstić information content (AvgIpc) is 2.47. The van der Waals surface area contributed by atoms with E-state index in [9.17, 15) is 9.59 Å². The molecule has 1 heterocycles. The monoisotopic (exact) mass is 291 g/mol. The highest BCUT2D eigenvalue weighted by Crippen LogP contribution is 2.13. The molecule has 2 rings (SSSR count). The molecule has 1 aromatic rings. The van der Waals surface area contributed by atoms with E-state index in [4.69, 9.17) is 5.11 Å². The van der Waals surface area contributed by atoms with Crippen molar-refractivity contribution in [1.82, 2.24) is 10.2 Å². The van der Waals surface area contributed by atoms with Crippen molar-refractivity contribution in [3.8, 4) is 0 Å². The van der Waals surface area contributed by atoms with Gasteiger partial charge in [-0.1, -0.05) is 0 Å². The van der Waals surface area contributed by atoms with E-state index >= 15 is 0 Å². The first-order chi connectivity index (χ1) is 9.99. The van der Waals surface area contributed by atoms with Gasteiger partial charge in [-0.05, 0) is 38.1 Å². The first-order valence-corrected chi connectivity index (χ1v) is 7.09. The fraction of sp³-hybridized carbons (Fsp3) is 0.467. The molecule has 114 valence electrons. The van der Waals surface area contributed by atoms with Gasteiger partial charge in [-0.25, -0.2) is 4.79 Å². The molecule has 2 unspecified atom stereocenters. The quantitative estimate of drug-likeness (QED) is 0.771. The number of hydrogen-bond donors (Lipinski definition) is 3. The Bertz CT molecular complexity index is 515. The van der Waals surface area contributed by atoms with E-state index in [2.05, 4.69) is 22.5 Å². The lowest BCUT2D eigenvalue weighted by atomic mass is 10.1. The van der Waals surface area contributed by atoms with Crippen molar-refractivity contribution in [2.24, 2.45) is 0 Å². The number of nitrogens with one attached hydrogen (secondary N) is 2. The molecule has 0 spiro atoms. The van der Waals surface area contributed by atoms with Crippen LogP contribution in [0.3, 0.4) is 0 Å². The summed E-state index contributed by atoms with van der Waals surface area (Å²) in [5.74, 6) is -1.05. The molecule has 2 atom stereocenters. The Morgan fingerprint density at radius 1 is 1.38 bits per heavy atom. The summed E-state index contributed by atoms with van der Waals surface area (Å²) in [6, 6.07) is 6.27. The van der Waals surface area contributed by atoms with Crippen molar-refractivity contribution in [1.29, 1.82) is 0 Å². The third kappa shape index (κ3) is 3.80. The predicted molar refractivity (Wildman–Crippen MR) is 80.5 cm³/mol. The van der Waals surface area contributed by atoms with Crippen LogP contribution in [0.2, 0.25) is 0 Å². The molecule has 1 fully saturated rings. The number of rotatable bonds is 4. The van der Waals surface area contributed by atoms with E-state index in [0.29, 0.717) is 11.7 Å². The van der Waals surface area contributed by atoms with Crippen molar-refractivity contribution < 1.29 is 14.7 Å². The Kier molecular flexibility index (Phi) is 4.93. The maximum absolute atomic E-state index is 12.3. The molecule has 1 aliphatic rings. The van der Waals surface area contributed by atoms with E-state index in [1.54, 1.807) is 12.1 Å². The van der Waals surface area contributed by atoms with Crippen LogP contribution in [0.5, 0.6) is 0 Å². The lowest BCUT2D eigenvalue weighted by Gasteiger charge is -2.37. The average molecular weight is 291 g/mol. The Morgan fingerprint density at radius 3 is 2.62 bits per heavy atom. The molecule has 6 nitrogen and oxygen atoms in total. The summed E-state index contributed by atoms with van der Waals surface area (Å²) in [6.45, 7) is 6.59. The predicted octanol–water partition coefficient (Wildman–Crippen LogP) is 1.01. The Labute approximate surface area is 124 Å². The molecule has 0 saturated carbocycles. The summed E-state index contributed by atoms with van der Waals surface area (Å²) >= 11 is 0. The van der Waals surface area contributed by atoms with E-state index in [0.717, 1.165) is 19.6 Å². The first-order valence-electron chi connectivity index (χ1n) is 7.09. The van der Waals surface area contributed by atoms with E-state index in [1.807, 2.05) is 6.92 Å². The van der Waals surface area contributed by atoms with Crippen LogP contribution in [0.15, 0.2) is 24.3 Å². The molecule has 1 aliphatic heterocycles. The third-order valence-corrected chi connectivity index (χ3v) is 3.83. The van der Waals surface area contributed by atoms with Crippen LogP contribution in [-0.4, -0.2) is 53.6 Å². The number of benzene rings is 1. The van der Waals surface area contributed by atoms with Gasteiger partial charge in [0.1, 0.15) is 0 Å². The second-order valence-corrected chi connectivity index (χ2v) is 5.34. The molecular formula is C15H21N3O3. The summed E-state index contributed by atoms with van der Waals surface area (Å²) in [4.78, 5) is 25.2. The van der Waals surface area contributed by atoms with Gasteiger partial charge >= 0.3 is 5.97 Å². The fourth-order valence-electron chi connectivity index (χ4n) is 2.53. The van der Waals surface area contributed by atoms with Crippen LogP contribution in [0, 0.1) is 0 Å². The Morgan fingerprint density at radius 2 is 2.05 bits per heavy atom. The minimum Gasteiger partial charge on any atom is -0.478 e. The number of nitrogens with zero attached hydrogens (tertiary/aromatic N) is 1. The Hall–Kier alpha value is -1.92. The van der Waals surface area contributed by atoms with Gasteiger partial charge in [0.15, 0.2) is 0 Å². The molecule has 0 radical (unpaired) electrons. The normalized spacial score (nSPS) is 20.8. The van der Waals surface area contributed by atoms with Gasteiger partial charge < -0.3 is 15.7 Å². The van der Waals surface area contributed by atoms with Gasteiger partial charge in [-0.15, -0.1) is 0 Å². The zero-order valence-electron chi connectivity index (χ0n) is 12.3. The van der Waals surface area contributed by atoms with Gasteiger partial charge in [0.25, 0.3) is 0 Å². The summed E-state index contributed by atoms with van der Waals surface area (Å²) < 4.78 is 0. The second kappa shape index (κ2) is 6.69. The number of amides is 1.